The quantitative estimate of drug-likeness (QED) is 0.832. The fourth-order valence-electron chi connectivity index (χ4n) is 1.20. The number of hydrogen-bond acceptors (Lipinski definition) is 3. The first-order valence-corrected chi connectivity index (χ1v) is 5.25. The predicted molar refractivity (Wildman–Crippen MR) is 61.2 cm³/mol. The molecule has 0 radical (unpaired) electrons. The Hall–Kier alpha value is -0.770. The van der Waals surface area contributed by atoms with E-state index >= 15 is 0 Å². The molecular formula is C11H16ClNO2. The molecule has 4 heteroatoms. The summed E-state index contributed by atoms with van der Waals surface area (Å²) in [4.78, 5) is 0. The van der Waals surface area contributed by atoms with Crippen molar-refractivity contribution in [3.05, 3.63) is 28.8 Å². The Morgan fingerprint density at radius 3 is 2.60 bits per heavy atom. The van der Waals surface area contributed by atoms with Gasteiger partial charge in [0.25, 0.3) is 0 Å². The molecule has 0 spiro atoms. The summed E-state index contributed by atoms with van der Waals surface area (Å²) < 4.78 is 5.48. The number of halogens is 1. The number of rotatable bonds is 4. The Morgan fingerprint density at radius 2 is 2.13 bits per heavy atom. The zero-order valence-corrected chi connectivity index (χ0v) is 9.66. The second kappa shape index (κ2) is 5.35. The molecule has 0 saturated heterocycles. The SMILES string of the molecule is CC(C)Oc1ccc(C(N)CO)cc1Cl. The number of hydrogen-bond donors (Lipinski definition) is 2. The van der Waals surface area contributed by atoms with Crippen LogP contribution in [0.1, 0.15) is 25.5 Å². The van der Waals surface area contributed by atoms with E-state index in [2.05, 4.69) is 0 Å². The van der Waals surface area contributed by atoms with E-state index in [9.17, 15) is 0 Å². The van der Waals surface area contributed by atoms with Crippen molar-refractivity contribution in [2.75, 3.05) is 6.61 Å². The summed E-state index contributed by atoms with van der Waals surface area (Å²) in [6.07, 6.45) is 0.0832. The third kappa shape index (κ3) is 3.38. The molecule has 0 aliphatic rings. The Morgan fingerprint density at radius 1 is 1.47 bits per heavy atom. The lowest BCUT2D eigenvalue weighted by Gasteiger charge is -2.14. The highest BCUT2D eigenvalue weighted by molar-refractivity contribution is 6.32. The lowest BCUT2D eigenvalue weighted by atomic mass is 10.1. The van der Waals surface area contributed by atoms with Crippen molar-refractivity contribution in [3.8, 4) is 5.75 Å². The highest BCUT2D eigenvalue weighted by atomic mass is 35.5. The fraction of sp³-hybridized carbons (Fsp3) is 0.455. The first-order valence-electron chi connectivity index (χ1n) is 4.87. The van der Waals surface area contributed by atoms with Gasteiger partial charge in [0.05, 0.1) is 23.8 Å². The van der Waals surface area contributed by atoms with Gasteiger partial charge in [-0.25, -0.2) is 0 Å². The second-order valence-corrected chi connectivity index (χ2v) is 4.05. The maximum atomic E-state index is 8.89. The van der Waals surface area contributed by atoms with E-state index < -0.39 is 6.04 Å². The molecule has 1 aromatic carbocycles. The zero-order chi connectivity index (χ0) is 11.4. The first kappa shape index (κ1) is 12.3. The molecule has 0 fully saturated rings. The Bertz CT molecular complexity index is 328. The standard InChI is InChI=1S/C11H16ClNO2/c1-7(2)15-11-4-3-8(5-9(11)12)10(13)6-14/h3-5,7,10,14H,6,13H2,1-2H3. The van der Waals surface area contributed by atoms with Gasteiger partial charge >= 0.3 is 0 Å². The zero-order valence-electron chi connectivity index (χ0n) is 8.90. The minimum absolute atomic E-state index is 0.0832. The van der Waals surface area contributed by atoms with E-state index in [4.69, 9.17) is 27.2 Å². The number of benzene rings is 1. The normalized spacial score (nSPS) is 12.9. The molecule has 1 aromatic rings. The van der Waals surface area contributed by atoms with Crippen molar-refractivity contribution in [3.63, 3.8) is 0 Å². The van der Waals surface area contributed by atoms with E-state index in [1.165, 1.54) is 0 Å². The van der Waals surface area contributed by atoms with E-state index in [0.29, 0.717) is 10.8 Å². The number of aliphatic hydroxyl groups is 1. The van der Waals surface area contributed by atoms with Crippen LogP contribution in [0, 0.1) is 0 Å². The lowest BCUT2D eigenvalue weighted by Crippen LogP contribution is -2.14. The molecule has 84 valence electrons. The van der Waals surface area contributed by atoms with E-state index in [1.54, 1.807) is 12.1 Å². The van der Waals surface area contributed by atoms with Crippen LogP contribution in [0.3, 0.4) is 0 Å². The average molecular weight is 230 g/mol. The summed E-state index contributed by atoms with van der Waals surface area (Å²) in [6.45, 7) is 3.77. The molecular weight excluding hydrogens is 214 g/mol. The largest absolute Gasteiger partial charge is 0.489 e. The summed E-state index contributed by atoms with van der Waals surface area (Å²) in [7, 11) is 0. The highest BCUT2D eigenvalue weighted by Crippen LogP contribution is 2.28. The third-order valence-electron chi connectivity index (χ3n) is 1.94. The molecule has 0 aliphatic carbocycles. The Balaban J connectivity index is 2.88. The van der Waals surface area contributed by atoms with E-state index in [0.717, 1.165) is 5.56 Å². The minimum Gasteiger partial charge on any atom is -0.489 e. The van der Waals surface area contributed by atoms with Gasteiger partial charge in [0.2, 0.25) is 0 Å². The van der Waals surface area contributed by atoms with Crippen LogP contribution in [0.15, 0.2) is 18.2 Å². The van der Waals surface area contributed by atoms with Gasteiger partial charge in [-0.05, 0) is 31.5 Å². The van der Waals surface area contributed by atoms with Crippen LogP contribution < -0.4 is 10.5 Å². The molecule has 0 heterocycles. The van der Waals surface area contributed by atoms with Crippen LogP contribution in [0.2, 0.25) is 5.02 Å². The monoisotopic (exact) mass is 229 g/mol. The molecule has 0 bridgehead atoms. The predicted octanol–water partition coefficient (Wildman–Crippen LogP) is 2.12. The van der Waals surface area contributed by atoms with Crippen LogP contribution >= 0.6 is 11.6 Å². The Kier molecular flexibility index (Phi) is 4.39. The topological polar surface area (TPSA) is 55.5 Å². The molecule has 0 amide bonds. The number of nitrogens with two attached hydrogens (primary N) is 1. The number of ether oxygens (including phenoxy) is 1. The minimum atomic E-state index is -0.393. The molecule has 3 N–H and O–H groups in total. The lowest BCUT2D eigenvalue weighted by molar-refractivity contribution is 0.242. The van der Waals surface area contributed by atoms with Crippen LogP contribution in [0.4, 0.5) is 0 Å². The molecule has 3 nitrogen and oxygen atoms in total. The van der Waals surface area contributed by atoms with Crippen LogP contribution in [-0.2, 0) is 0 Å². The van der Waals surface area contributed by atoms with Crippen LogP contribution in [-0.4, -0.2) is 17.8 Å². The van der Waals surface area contributed by atoms with Gasteiger partial charge in [-0.3, -0.25) is 0 Å². The maximum absolute atomic E-state index is 8.89. The van der Waals surface area contributed by atoms with Gasteiger partial charge in [0, 0.05) is 0 Å². The van der Waals surface area contributed by atoms with Gasteiger partial charge in [-0.15, -0.1) is 0 Å². The van der Waals surface area contributed by atoms with Crippen LogP contribution in [0.25, 0.3) is 0 Å². The third-order valence-corrected chi connectivity index (χ3v) is 2.24. The van der Waals surface area contributed by atoms with Crippen molar-refractivity contribution in [1.82, 2.24) is 0 Å². The highest BCUT2D eigenvalue weighted by Gasteiger charge is 2.09. The summed E-state index contributed by atoms with van der Waals surface area (Å²) in [5.74, 6) is 0.639. The molecule has 1 unspecified atom stereocenters. The van der Waals surface area contributed by atoms with Gasteiger partial charge in [0.15, 0.2) is 0 Å². The molecule has 0 saturated carbocycles. The van der Waals surface area contributed by atoms with E-state index in [1.807, 2.05) is 19.9 Å². The van der Waals surface area contributed by atoms with Gasteiger partial charge in [-0.1, -0.05) is 17.7 Å². The smallest absolute Gasteiger partial charge is 0.138 e. The van der Waals surface area contributed by atoms with Gasteiger partial charge in [0.1, 0.15) is 5.75 Å². The first-order chi connectivity index (χ1) is 7.04. The molecule has 1 atom stereocenters. The van der Waals surface area contributed by atoms with Gasteiger partial charge < -0.3 is 15.6 Å². The van der Waals surface area contributed by atoms with Crippen molar-refractivity contribution < 1.29 is 9.84 Å². The number of aliphatic hydroxyl groups excluding tert-OH is 1. The van der Waals surface area contributed by atoms with Crippen molar-refractivity contribution in [1.29, 1.82) is 0 Å². The van der Waals surface area contributed by atoms with E-state index in [-0.39, 0.29) is 12.7 Å². The summed E-state index contributed by atoms with van der Waals surface area (Å²) in [6, 6.07) is 4.91. The molecule has 1 rings (SSSR count). The summed E-state index contributed by atoms with van der Waals surface area (Å²) in [5.41, 5.74) is 6.47. The summed E-state index contributed by atoms with van der Waals surface area (Å²) >= 11 is 6.01. The fourth-order valence-corrected chi connectivity index (χ4v) is 1.44. The second-order valence-electron chi connectivity index (χ2n) is 3.65. The van der Waals surface area contributed by atoms with Crippen molar-refractivity contribution in [2.24, 2.45) is 5.73 Å². The van der Waals surface area contributed by atoms with Crippen LogP contribution in [0.5, 0.6) is 5.75 Å². The molecule has 0 aromatic heterocycles. The van der Waals surface area contributed by atoms with Crippen molar-refractivity contribution >= 4 is 11.6 Å². The van der Waals surface area contributed by atoms with Crippen molar-refractivity contribution in [2.45, 2.75) is 26.0 Å². The molecule has 15 heavy (non-hydrogen) atoms. The average Bonchev–Trinajstić information content (AvgIpc) is 2.19. The maximum Gasteiger partial charge on any atom is 0.138 e. The van der Waals surface area contributed by atoms with Gasteiger partial charge in [-0.2, -0.15) is 0 Å². The Labute approximate surface area is 94.8 Å². The summed E-state index contributed by atoms with van der Waals surface area (Å²) in [5, 5.41) is 9.41. The molecule has 0 aliphatic heterocycles.